The Morgan fingerprint density at radius 3 is 2.33 bits per heavy atom. The van der Waals surface area contributed by atoms with Crippen molar-refractivity contribution in [1.82, 2.24) is 0 Å². The fourth-order valence-electron chi connectivity index (χ4n) is 3.24. The predicted molar refractivity (Wildman–Crippen MR) is 110 cm³/mol. The fourth-order valence-corrected chi connectivity index (χ4v) is 3.24. The van der Waals surface area contributed by atoms with Crippen molar-refractivity contribution in [3.63, 3.8) is 0 Å². The van der Waals surface area contributed by atoms with Crippen LogP contribution in [0.1, 0.15) is 29.8 Å². The number of hydrogen-bond acceptors (Lipinski definition) is 5. The van der Waals surface area contributed by atoms with E-state index in [-0.39, 0.29) is 11.3 Å². The van der Waals surface area contributed by atoms with Gasteiger partial charge in [-0.1, -0.05) is 12.1 Å². The van der Waals surface area contributed by atoms with E-state index in [0.717, 1.165) is 29.9 Å². The Kier molecular flexibility index (Phi) is 5.31. The summed E-state index contributed by atoms with van der Waals surface area (Å²) in [6, 6.07) is 14.6. The van der Waals surface area contributed by atoms with Crippen LogP contribution in [0.4, 0.5) is 11.4 Å². The number of nitrogens with zero attached hydrogens (tertiary/aromatic N) is 2. The van der Waals surface area contributed by atoms with E-state index in [2.05, 4.69) is 18.7 Å². The highest BCUT2D eigenvalue weighted by molar-refractivity contribution is 6.13. The predicted octanol–water partition coefficient (Wildman–Crippen LogP) is 3.94. The third-order valence-corrected chi connectivity index (χ3v) is 4.72. The molecule has 0 aliphatic rings. The molecule has 0 aliphatic heterocycles. The van der Waals surface area contributed by atoms with Crippen molar-refractivity contribution in [2.45, 2.75) is 13.8 Å². The molecule has 0 saturated carbocycles. The Balaban J connectivity index is 2.09. The number of hydrogen-bond donors (Lipinski definition) is 0. The molecule has 0 bridgehead atoms. The number of rotatable bonds is 6. The summed E-state index contributed by atoms with van der Waals surface area (Å²) in [5.74, 6) is -0.331. The van der Waals surface area contributed by atoms with E-state index in [1.165, 1.54) is 0 Å². The van der Waals surface area contributed by atoms with Gasteiger partial charge in [-0.15, -0.1) is 0 Å². The standard InChI is InChI=1S/C22H24N2O3/c1-5-24(6-2)16-12-11-15-13-18(22(26)27-20(15)14-16)21(25)17-9-7-8-10-19(17)23(3)4/h7-14H,5-6H2,1-4H3. The second-order valence-corrected chi connectivity index (χ2v) is 6.58. The molecule has 5 nitrogen and oxygen atoms in total. The number of benzene rings is 2. The maximum Gasteiger partial charge on any atom is 0.347 e. The van der Waals surface area contributed by atoms with Crippen molar-refractivity contribution >= 4 is 28.1 Å². The third kappa shape index (κ3) is 3.58. The Morgan fingerprint density at radius 1 is 0.963 bits per heavy atom. The number of para-hydroxylation sites is 1. The first kappa shape index (κ1) is 18.7. The molecule has 0 radical (unpaired) electrons. The van der Waals surface area contributed by atoms with Gasteiger partial charge in [0.15, 0.2) is 0 Å². The van der Waals surface area contributed by atoms with Crippen LogP contribution in [-0.4, -0.2) is 33.0 Å². The fraction of sp³-hybridized carbons (Fsp3) is 0.273. The summed E-state index contributed by atoms with van der Waals surface area (Å²) in [6.07, 6.45) is 0. The maximum atomic E-state index is 13.0. The first-order valence-corrected chi connectivity index (χ1v) is 9.10. The zero-order valence-corrected chi connectivity index (χ0v) is 16.2. The van der Waals surface area contributed by atoms with E-state index < -0.39 is 5.63 Å². The highest BCUT2D eigenvalue weighted by atomic mass is 16.4. The van der Waals surface area contributed by atoms with Crippen LogP contribution >= 0.6 is 0 Å². The summed E-state index contributed by atoms with van der Waals surface area (Å²) in [5, 5.41) is 0.733. The molecule has 3 rings (SSSR count). The van der Waals surface area contributed by atoms with Crippen LogP contribution in [0.2, 0.25) is 0 Å². The van der Waals surface area contributed by atoms with Gasteiger partial charge in [-0.25, -0.2) is 4.79 Å². The minimum atomic E-state index is -0.613. The van der Waals surface area contributed by atoms with Crippen molar-refractivity contribution in [1.29, 1.82) is 0 Å². The number of fused-ring (bicyclic) bond motifs is 1. The molecule has 2 aromatic carbocycles. The van der Waals surface area contributed by atoms with Crippen LogP contribution in [0, 0.1) is 0 Å². The number of ketones is 1. The van der Waals surface area contributed by atoms with Crippen LogP contribution in [0.3, 0.4) is 0 Å². The van der Waals surface area contributed by atoms with Gasteiger partial charge < -0.3 is 14.2 Å². The van der Waals surface area contributed by atoms with Crippen LogP contribution in [0.25, 0.3) is 11.0 Å². The van der Waals surface area contributed by atoms with E-state index in [4.69, 9.17) is 4.42 Å². The lowest BCUT2D eigenvalue weighted by atomic mass is 10.0. The lowest BCUT2D eigenvalue weighted by molar-refractivity contribution is 0.103. The van der Waals surface area contributed by atoms with Gasteiger partial charge in [-0.05, 0) is 44.2 Å². The molecule has 0 aliphatic carbocycles. The average molecular weight is 364 g/mol. The minimum absolute atomic E-state index is 0.0485. The summed E-state index contributed by atoms with van der Waals surface area (Å²) in [6.45, 7) is 5.88. The normalized spacial score (nSPS) is 10.8. The average Bonchev–Trinajstić information content (AvgIpc) is 2.67. The lowest BCUT2D eigenvalue weighted by Gasteiger charge is -2.21. The zero-order valence-electron chi connectivity index (χ0n) is 16.2. The molecule has 0 spiro atoms. The Hall–Kier alpha value is -3.08. The van der Waals surface area contributed by atoms with E-state index in [0.29, 0.717) is 11.1 Å². The zero-order chi connectivity index (χ0) is 19.6. The number of anilines is 2. The highest BCUT2D eigenvalue weighted by Gasteiger charge is 2.19. The molecule has 0 fully saturated rings. The van der Waals surface area contributed by atoms with Crippen LogP contribution < -0.4 is 15.4 Å². The quantitative estimate of drug-likeness (QED) is 0.490. The number of carbonyl (C=O) groups excluding carboxylic acids is 1. The van der Waals surface area contributed by atoms with Gasteiger partial charge >= 0.3 is 5.63 Å². The topological polar surface area (TPSA) is 53.8 Å². The summed E-state index contributed by atoms with van der Waals surface area (Å²) < 4.78 is 5.50. The van der Waals surface area contributed by atoms with Crippen LogP contribution in [-0.2, 0) is 0 Å². The van der Waals surface area contributed by atoms with E-state index >= 15 is 0 Å². The molecule has 27 heavy (non-hydrogen) atoms. The van der Waals surface area contributed by atoms with Gasteiger partial charge in [0, 0.05) is 55.6 Å². The van der Waals surface area contributed by atoms with Gasteiger partial charge in [0.1, 0.15) is 11.1 Å². The van der Waals surface area contributed by atoms with Crippen LogP contribution in [0.5, 0.6) is 0 Å². The van der Waals surface area contributed by atoms with Gasteiger partial charge in [-0.2, -0.15) is 0 Å². The summed E-state index contributed by atoms with van der Waals surface area (Å²) in [7, 11) is 3.73. The summed E-state index contributed by atoms with van der Waals surface area (Å²) >= 11 is 0. The first-order valence-electron chi connectivity index (χ1n) is 9.10. The molecular weight excluding hydrogens is 340 g/mol. The smallest absolute Gasteiger partial charge is 0.347 e. The molecule has 3 aromatic rings. The molecule has 0 N–H and O–H groups in total. The Morgan fingerprint density at radius 2 is 1.67 bits per heavy atom. The van der Waals surface area contributed by atoms with E-state index in [9.17, 15) is 9.59 Å². The Bertz CT molecular complexity index is 1030. The van der Waals surface area contributed by atoms with Gasteiger partial charge in [0.05, 0.1) is 0 Å². The van der Waals surface area contributed by atoms with E-state index in [1.807, 2.05) is 49.3 Å². The molecule has 0 atom stereocenters. The van der Waals surface area contributed by atoms with Crippen molar-refractivity contribution in [2.75, 3.05) is 37.0 Å². The largest absolute Gasteiger partial charge is 0.422 e. The third-order valence-electron chi connectivity index (χ3n) is 4.72. The van der Waals surface area contributed by atoms with Crippen molar-refractivity contribution < 1.29 is 9.21 Å². The van der Waals surface area contributed by atoms with Gasteiger partial charge in [0.2, 0.25) is 5.78 Å². The maximum absolute atomic E-state index is 13.0. The lowest BCUT2D eigenvalue weighted by Crippen LogP contribution is -2.21. The SMILES string of the molecule is CCN(CC)c1ccc2cc(C(=O)c3ccccc3N(C)C)c(=O)oc2c1. The van der Waals surface area contributed by atoms with E-state index in [1.54, 1.807) is 18.2 Å². The second kappa shape index (κ2) is 7.66. The van der Waals surface area contributed by atoms with Crippen LogP contribution in [0.15, 0.2) is 57.7 Å². The molecular formula is C22H24N2O3. The van der Waals surface area contributed by atoms with Gasteiger partial charge in [0.25, 0.3) is 0 Å². The van der Waals surface area contributed by atoms with Gasteiger partial charge in [-0.3, -0.25) is 4.79 Å². The minimum Gasteiger partial charge on any atom is -0.422 e. The summed E-state index contributed by atoms with van der Waals surface area (Å²) in [4.78, 5) is 29.6. The Labute approximate surface area is 158 Å². The first-order chi connectivity index (χ1) is 13.0. The second-order valence-electron chi connectivity index (χ2n) is 6.58. The van der Waals surface area contributed by atoms with Crippen molar-refractivity contribution in [3.05, 3.63) is 70.1 Å². The molecule has 140 valence electrons. The molecule has 0 saturated heterocycles. The molecule has 0 unspecified atom stereocenters. The van der Waals surface area contributed by atoms with Crippen molar-refractivity contribution in [3.8, 4) is 0 Å². The molecule has 1 aromatic heterocycles. The number of carbonyl (C=O) groups is 1. The molecule has 1 heterocycles. The molecule has 5 heteroatoms. The monoisotopic (exact) mass is 364 g/mol. The highest BCUT2D eigenvalue weighted by Crippen LogP contribution is 2.24. The van der Waals surface area contributed by atoms with Crippen molar-refractivity contribution in [2.24, 2.45) is 0 Å². The molecule has 0 amide bonds. The summed E-state index contributed by atoms with van der Waals surface area (Å²) in [5.41, 5.74) is 2.16.